The smallest absolute Gasteiger partial charge is 0.315 e. The highest BCUT2D eigenvalue weighted by Gasteiger charge is 2.47. The van der Waals surface area contributed by atoms with Crippen LogP contribution in [0.1, 0.15) is 39.0 Å². The van der Waals surface area contributed by atoms with Gasteiger partial charge in [-0.1, -0.05) is 6.92 Å². The molecule has 2 rings (SSSR count). The molecular formula is C11H21N3O. The topological polar surface area (TPSA) is 58.4 Å². The van der Waals surface area contributed by atoms with Crippen LogP contribution in [-0.2, 0) is 0 Å². The molecule has 86 valence electrons. The largest absolute Gasteiger partial charge is 0.351 e. The Morgan fingerprint density at radius 1 is 1.47 bits per heavy atom. The van der Waals surface area contributed by atoms with Crippen LogP contribution in [0.3, 0.4) is 0 Å². The number of likely N-dealkylation sites (tertiary alicyclic amines) is 1. The van der Waals surface area contributed by atoms with Gasteiger partial charge in [-0.25, -0.2) is 4.79 Å². The Morgan fingerprint density at radius 2 is 2.13 bits per heavy atom. The van der Waals surface area contributed by atoms with Gasteiger partial charge in [-0.15, -0.1) is 0 Å². The zero-order chi connectivity index (χ0) is 10.9. The maximum Gasteiger partial charge on any atom is 0.315 e. The highest BCUT2D eigenvalue weighted by atomic mass is 16.2. The van der Waals surface area contributed by atoms with E-state index in [9.17, 15) is 4.79 Å². The zero-order valence-corrected chi connectivity index (χ0v) is 9.46. The summed E-state index contributed by atoms with van der Waals surface area (Å²) in [6.45, 7) is 4.17. The third-order valence-corrected chi connectivity index (χ3v) is 4.06. The molecule has 1 atom stereocenters. The number of urea groups is 1. The lowest BCUT2D eigenvalue weighted by Gasteiger charge is -2.43. The lowest BCUT2D eigenvalue weighted by molar-refractivity contribution is 0.0999. The van der Waals surface area contributed by atoms with Crippen LogP contribution in [0.5, 0.6) is 0 Å². The van der Waals surface area contributed by atoms with E-state index in [1.807, 2.05) is 4.90 Å². The summed E-state index contributed by atoms with van der Waals surface area (Å²) >= 11 is 0. The molecule has 0 aromatic carbocycles. The number of hydrogen-bond donors (Lipinski definition) is 2. The van der Waals surface area contributed by atoms with Crippen LogP contribution in [0.25, 0.3) is 0 Å². The zero-order valence-electron chi connectivity index (χ0n) is 9.46. The van der Waals surface area contributed by atoms with E-state index in [0.717, 1.165) is 45.2 Å². The molecule has 0 aromatic rings. The molecule has 15 heavy (non-hydrogen) atoms. The van der Waals surface area contributed by atoms with Crippen LogP contribution in [0.2, 0.25) is 0 Å². The molecule has 2 aliphatic rings. The molecule has 2 saturated heterocycles. The molecule has 2 fully saturated rings. The average molecular weight is 211 g/mol. The van der Waals surface area contributed by atoms with Crippen molar-refractivity contribution in [3.05, 3.63) is 0 Å². The number of nitrogens with zero attached hydrogens (tertiary/aromatic N) is 1. The van der Waals surface area contributed by atoms with Gasteiger partial charge in [-0.2, -0.15) is 0 Å². The fraction of sp³-hybridized carbons (Fsp3) is 0.909. The summed E-state index contributed by atoms with van der Waals surface area (Å²) < 4.78 is 0. The number of hydrogen-bond acceptors (Lipinski definition) is 2. The van der Waals surface area contributed by atoms with Crippen molar-refractivity contribution in [3.8, 4) is 0 Å². The third-order valence-electron chi connectivity index (χ3n) is 4.06. The molecule has 0 radical (unpaired) electrons. The fourth-order valence-corrected chi connectivity index (χ4v) is 3.26. The number of carbonyl (C=O) groups is 1. The Balaban J connectivity index is 2.19. The summed E-state index contributed by atoms with van der Waals surface area (Å²) in [6.07, 6.45) is 5.41. The average Bonchev–Trinajstić information content (AvgIpc) is 2.58. The van der Waals surface area contributed by atoms with Crippen LogP contribution >= 0.6 is 0 Å². The summed E-state index contributed by atoms with van der Waals surface area (Å²) in [5, 5.41) is 3.35. The number of rotatable bonds is 1. The minimum atomic E-state index is -0.221. The van der Waals surface area contributed by atoms with Gasteiger partial charge >= 0.3 is 6.03 Å². The van der Waals surface area contributed by atoms with Gasteiger partial charge in [-0.05, 0) is 45.2 Å². The van der Waals surface area contributed by atoms with E-state index in [2.05, 4.69) is 12.2 Å². The number of piperidine rings is 1. The fourth-order valence-electron chi connectivity index (χ4n) is 3.26. The van der Waals surface area contributed by atoms with Gasteiger partial charge in [-0.3, -0.25) is 0 Å². The first-order valence-corrected chi connectivity index (χ1v) is 5.99. The van der Waals surface area contributed by atoms with E-state index in [1.54, 1.807) is 0 Å². The monoisotopic (exact) mass is 211 g/mol. The molecule has 0 aliphatic carbocycles. The highest BCUT2D eigenvalue weighted by molar-refractivity contribution is 5.74. The van der Waals surface area contributed by atoms with Gasteiger partial charge in [0.25, 0.3) is 0 Å². The van der Waals surface area contributed by atoms with Crippen LogP contribution in [0.15, 0.2) is 0 Å². The standard InChI is InChI=1S/C11H21N3O/c1-2-9-3-4-11(14(9)10(12)15)5-7-13-8-6-11/h9,13H,2-8H2,1H3,(H2,12,15). The van der Waals surface area contributed by atoms with Crippen LogP contribution in [0, 0.1) is 0 Å². The van der Waals surface area contributed by atoms with E-state index in [0.29, 0.717) is 6.04 Å². The molecule has 0 saturated carbocycles. The predicted molar refractivity (Wildman–Crippen MR) is 59.6 cm³/mol. The first-order chi connectivity index (χ1) is 7.19. The summed E-state index contributed by atoms with van der Waals surface area (Å²) in [6, 6.07) is 0.154. The molecule has 2 aliphatic heterocycles. The quantitative estimate of drug-likeness (QED) is 0.681. The molecule has 2 heterocycles. The lowest BCUT2D eigenvalue weighted by Crippen LogP contribution is -2.57. The second kappa shape index (κ2) is 4.00. The molecule has 1 spiro atoms. The summed E-state index contributed by atoms with van der Waals surface area (Å²) in [7, 11) is 0. The SMILES string of the molecule is CCC1CCC2(CCNCC2)N1C(N)=O. The second-order valence-electron chi connectivity index (χ2n) is 4.78. The Hall–Kier alpha value is -0.770. The van der Waals surface area contributed by atoms with E-state index in [4.69, 9.17) is 5.73 Å². The Labute approximate surface area is 91.2 Å². The van der Waals surface area contributed by atoms with Crippen molar-refractivity contribution >= 4 is 6.03 Å². The Morgan fingerprint density at radius 3 is 2.67 bits per heavy atom. The minimum Gasteiger partial charge on any atom is -0.351 e. The van der Waals surface area contributed by atoms with Gasteiger partial charge in [0.2, 0.25) is 0 Å². The van der Waals surface area contributed by atoms with Crippen molar-refractivity contribution in [1.82, 2.24) is 10.2 Å². The van der Waals surface area contributed by atoms with E-state index >= 15 is 0 Å². The maximum atomic E-state index is 11.6. The van der Waals surface area contributed by atoms with Crippen molar-refractivity contribution in [1.29, 1.82) is 0 Å². The first-order valence-electron chi connectivity index (χ1n) is 5.99. The van der Waals surface area contributed by atoms with Crippen LogP contribution in [-0.4, -0.2) is 35.6 Å². The normalized spacial score (nSPS) is 29.7. The number of carbonyl (C=O) groups excluding carboxylic acids is 1. The predicted octanol–water partition coefficient (Wildman–Crippen LogP) is 1.06. The van der Waals surface area contributed by atoms with Gasteiger partial charge in [0.05, 0.1) is 0 Å². The van der Waals surface area contributed by atoms with E-state index in [1.165, 1.54) is 0 Å². The van der Waals surface area contributed by atoms with Gasteiger partial charge < -0.3 is 16.0 Å². The van der Waals surface area contributed by atoms with E-state index in [-0.39, 0.29) is 11.6 Å². The van der Waals surface area contributed by atoms with Crippen molar-refractivity contribution in [2.75, 3.05) is 13.1 Å². The summed E-state index contributed by atoms with van der Waals surface area (Å²) in [5.74, 6) is 0. The van der Waals surface area contributed by atoms with Crippen molar-refractivity contribution in [2.45, 2.75) is 50.6 Å². The summed E-state index contributed by atoms with van der Waals surface area (Å²) in [5.41, 5.74) is 5.62. The molecule has 3 N–H and O–H groups in total. The van der Waals surface area contributed by atoms with Crippen molar-refractivity contribution in [3.63, 3.8) is 0 Å². The Bertz CT molecular complexity index is 248. The lowest BCUT2D eigenvalue weighted by atomic mass is 9.86. The van der Waals surface area contributed by atoms with Crippen molar-refractivity contribution in [2.24, 2.45) is 5.73 Å². The third kappa shape index (κ3) is 1.71. The van der Waals surface area contributed by atoms with E-state index < -0.39 is 0 Å². The molecule has 4 heteroatoms. The molecule has 4 nitrogen and oxygen atoms in total. The first kappa shape index (κ1) is 10.7. The Kier molecular flexibility index (Phi) is 2.87. The molecule has 0 bridgehead atoms. The number of nitrogens with one attached hydrogen (secondary N) is 1. The number of primary amides is 1. The second-order valence-corrected chi connectivity index (χ2v) is 4.78. The summed E-state index contributed by atoms with van der Waals surface area (Å²) in [4.78, 5) is 13.6. The highest BCUT2D eigenvalue weighted by Crippen LogP contribution is 2.40. The van der Waals surface area contributed by atoms with Gasteiger partial charge in [0.15, 0.2) is 0 Å². The molecule has 2 amide bonds. The maximum absolute atomic E-state index is 11.6. The molecule has 1 unspecified atom stereocenters. The van der Waals surface area contributed by atoms with Gasteiger partial charge in [0.1, 0.15) is 0 Å². The molecule has 0 aromatic heterocycles. The molecular weight excluding hydrogens is 190 g/mol. The number of nitrogens with two attached hydrogens (primary N) is 1. The van der Waals surface area contributed by atoms with Crippen LogP contribution in [0.4, 0.5) is 4.79 Å². The van der Waals surface area contributed by atoms with Crippen molar-refractivity contribution < 1.29 is 4.79 Å². The van der Waals surface area contributed by atoms with Crippen LogP contribution < -0.4 is 11.1 Å². The minimum absolute atomic E-state index is 0.0811. The number of amides is 2. The van der Waals surface area contributed by atoms with Gasteiger partial charge in [0, 0.05) is 11.6 Å².